The van der Waals surface area contributed by atoms with Gasteiger partial charge in [-0.2, -0.15) is 0 Å². The molecule has 0 saturated carbocycles. The summed E-state index contributed by atoms with van der Waals surface area (Å²) in [7, 11) is 5.27. The number of benzene rings is 4. The van der Waals surface area contributed by atoms with Crippen LogP contribution in [0.2, 0.25) is 0 Å². The van der Waals surface area contributed by atoms with Crippen molar-refractivity contribution in [2.24, 2.45) is 27.6 Å². The number of rotatable bonds is 45. The maximum atomic E-state index is 14.2. The highest BCUT2D eigenvalue weighted by Crippen LogP contribution is 2.42. The van der Waals surface area contributed by atoms with E-state index in [1.165, 1.54) is 5.69 Å². The molecule has 548 valence electrons. The number of unbranched alkanes of at least 4 members (excludes halogenated alkanes) is 2. The third kappa shape index (κ3) is 23.1. The van der Waals surface area contributed by atoms with E-state index in [-0.39, 0.29) is 54.0 Å². The summed E-state index contributed by atoms with van der Waals surface area (Å²) in [4.78, 5) is 83.5. The SMILES string of the molecule is COc1cc2c(cc1OCCCCCOc1cc3c(cc1OC)C(=O)N1C=C(c4ccc(N5CCN(C)CC5)cc4)C[C@H]1C=N3)N=C[C@@H]1CC(c3ccc(NC(=O)[C@H](C)NC(=O)[C@@H](CCOCCOCCOCCOCCOCCOCCOCCOCCC(N)=O)C(C)C)cc3)=CN1C2=O. The van der Waals surface area contributed by atoms with Crippen molar-refractivity contribution in [1.82, 2.24) is 20.0 Å². The average molecular weight is 1400 g/mol. The number of ether oxygens (including phenoxy) is 12. The van der Waals surface area contributed by atoms with Gasteiger partial charge in [0.15, 0.2) is 23.0 Å². The van der Waals surface area contributed by atoms with Crippen molar-refractivity contribution >= 4 is 75.9 Å². The molecule has 0 aromatic heterocycles. The molecule has 4 N–H and O–H groups in total. The number of carbonyl (C=O) groups excluding carboxylic acids is 5. The molecule has 1 saturated heterocycles. The lowest BCUT2D eigenvalue weighted by Crippen LogP contribution is -2.45. The predicted octanol–water partition coefficient (Wildman–Crippen LogP) is 8.14. The van der Waals surface area contributed by atoms with Gasteiger partial charge >= 0.3 is 0 Å². The van der Waals surface area contributed by atoms with Crippen molar-refractivity contribution in [2.75, 3.05) is 177 Å². The molecule has 4 aromatic rings. The fourth-order valence-electron chi connectivity index (χ4n) is 12.0. The summed E-state index contributed by atoms with van der Waals surface area (Å²) < 4.78 is 68.0. The topological polar surface area (TPSA) is 284 Å². The monoisotopic (exact) mass is 1400 g/mol. The largest absolute Gasteiger partial charge is 0.493 e. The van der Waals surface area contributed by atoms with Gasteiger partial charge in [0.2, 0.25) is 17.7 Å². The van der Waals surface area contributed by atoms with Gasteiger partial charge in [-0.25, -0.2) is 0 Å². The van der Waals surface area contributed by atoms with Gasteiger partial charge in [0.25, 0.3) is 11.8 Å². The van der Waals surface area contributed by atoms with E-state index in [1.54, 1.807) is 73.6 Å². The smallest absolute Gasteiger partial charge is 0.260 e. The Hall–Kier alpha value is -8.31. The van der Waals surface area contributed by atoms with Crippen LogP contribution in [0.15, 0.2) is 95.2 Å². The summed E-state index contributed by atoms with van der Waals surface area (Å²) in [6, 6.07) is 21.7. The summed E-state index contributed by atoms with van der Waals surface area (Å²) in [6.07, 6.45) is 11.6. The molecule has 0 aliphatic carbocycles. The number of anilines is 2. The Morgan fingerprint density at radius 3 is 1.38 bits per heavy atom. The van der Waals surface area contributed by atoms with Crippen LogP contribution in [0, 0.1) is 11.8 Å². The van der Waals surface area contributed by atoms with Crippen molar-refractivity contribution in [3.63, 3.8) is 0 Å². The first-order chi connectivity index (χ1) is 49.2. The molecule has 5 aliphatic rings. The molecule has 5 amide bonds. The molecule has 4 atom stereocenters. The van der Waals surface area contributed by atoms with Gasteiger partial charge in [-0.05, 0) is 104 Å². The number of aliphatic imine (C=N–C) groups is 2. The number of likely N-dealkylation sites (N-methyl/N-ethyl adjacent to an activating group) is 1. The minimum atomic E-state index is -0.801. The van der Waals surface area contributed by atoms with Crippen LogP contribution < -0.4 is 40.2 Å². The van der Waals surface area contributed by atoms with Crippen LogP contribution in [0.3, 0.4) is 0 Å². The van der Waals surface area contributed by atoms with E-state index in [2.05, 4.69) is 51.7 Å². The van der Waals surface area contributed by atoms with Gasteiger partial charge in [-0.3, -0.25) is 34.0 Å². The van der Waals surface area contributed by atoms with Gasteiger partial charge in [0.1, 0.15) is 6.04 Å². The zero-order valence-corrected chi connectivity index (χ0v) is 59.3. The Morgan fingerprint density at radius 1 is 0.525 bits per heavy atom. The summed E-state index contributed by atoms with van der Waals surface area (Å²) in [5, 5.41) is 5.81. The fourth-order valence-corrected chi connectivity index (χ4v) is 12.0. The molecule has 26 nitrogen and oxygen atoms in total. The molecule has 0 unspecified atom stereocenters. The van der Waals surface area contributed by atoms with Gasteiger partial charge in [0.05, 0.1) is 161 Å². The van der Waals surface area contributed by atoms with E-state index in [1.807, 2.05) is 44.6 Å². The third-order valence-electron chi connectivity index (χ3n) is 17.9. The molecular weight excluding hydrogens is 1300 g/mol. The quantitative estimate of drug-likeness (QED) is 0.0352. The highest BCUT2D eigenvalue weighted by atomic mass is 16.6. The van der Waals surface area contributed by atoms with Gasteiger partial charge < -0.3 is 92.8 Å². The third-order valence-corrected chi connectivity index (χ3v) is 17.9. The number of hydrogen-bond donors (Lipinski definition) is 3. The van der Waals surface area contributed by atoms with E-state index in [4.69, 9.17) is 72.6 Å². The first-order valence-corrected chi connectivity index (χ1v) is 35.2. The normalized spacial score (nSPS) is 17.0. The lowest BCUT2D eigenvalue weighted by atomic mass is 9.91. The second-order valence-corrected chi connectivity index (χ2v) is 25.5. The minimum Gasteiger partial charge on any atom is -0.493 e. The van der Waals surface area contributed by atoms with E-state index in [0.29, 0.717) is 189 Å². The maximum Gasteiger partial charge on any atom is 0.260 e. The van der Waals surface area contributed by atoms with Crippen molar-refractivity contribution < 1.29 is 80.8 Å². The summed E-state index contributed by atoms with van der Waals surface area (Å²) in [5.41, 5.74) is 12.7. The number of primary amides is 1. The van der Waals surface area contributed by atoms with Gasteiger partial charge in [-0.15, -0.1) is 0 Å². The van der Waals surface area contributed by atoms with Crippen LogP contribution in [-0.2, 0) is 52.3 Å². The number of amides is 5. The second kappa shape index (κ2) is 40.4. The molecule has 1 fully saturated rings. The Morgan fingerprint density at radius 2 is 0.950 bits per heavy atom. The molecule has 4 aromatic carbocycles. The second-order valence-electron chi connectivity index (χ2n) is 25.5. The number of nitrogens with two attached hydrogens (primary N) is 1. The molecule has 0 radical (unpaired) electrons. The number of fused-ring (bicyclic) bond motifs is 4. The number of nitrogens with zero attached hydrogens (tertiary/aromatic N) is 6. The predicted molar refractivity (Wildman–Crippen MR) is 384 cm³/mol. The van der Waals surface area contributed by atoms with E-state index in [9.17, 15) is 24.0 Å². The number of methoxy groups -OCH3 is 2. The molecular formula is C75H101N9O17. The lowest BCUT2D eigenvalue weighted by molar-refractivity contribution is -0.130. The highest BCUT2D eigenvalue weighted by molar-refractivity contribution is 6.07. The molecule has 26 heteroatoms. The first-order valence-electron chi connectivity index (χ1n) is 35.2. The number of piperazine rings is 1. The molecule has 5 aliphatic heterocycles. The Bertz CT molecular complexity index is 3470. The molecule has 0 spiro atoms. The number of nitrogens with one attached hydrogen (secondary N) is 2. The molecule has 5 heterocycles. The summed E-state index contributed by atoms with van der Waals surface area (Å²) >= 11 is 0. The van der Waals surface area contributed by atoms with E-state index in [0.717, 1.165) is 67.7 Å². The molecule has 0 bridgehead atoms. The standard InChI is InChI=1S/C75H101N9O17/c1-52(2)62(18-26-92-28-30-94-32-34-96-36-38-98-40-41-99-39-37-97-35-33-95-31-29-93-27-19-71(76)85)73(87)79-53(3)72(86)80-58-14-10-54(11-15-58)56-42-60-48-77-65-46-69(67(90-5)44-63(65)74(88)83(60)50-56)100-24-8-7-9-25-101-70-47-66-64(45-68(70)91-6)75(89)84-51-57(43-61(84)49-78-66)55-12-16-59(17-13-55)82-22-20-81(4)21-23-82/h10-17,44-53,60-62H,7-9,18-43H2,1-6H3,(H2,76,85)(H,79,87)(H,80,86)/t53-,60-,61-,62-/m0/s1. The highest BCUT2D eigenvalue weighted by Gasteiger charge is 2.36. The van der Waals surface area contributed by atoms with Crippen LogP contribution in [0.4, 0.5) is 22.7 Å². The lowest BCUT2D eigenvalue weighted by Gasteiger charge is -2.34. The Kier molecular flexibility index (Phi) is 30.7. The molecule has 9 rings (SSSR count). The number of hydrogen-bond acceptors (Lipinski definition) is 21. The molecule has 101 heavy (non-hydrogen) atoms. The maximum absolute atomic E-state index is 14.2. The Labute approximate surface area is 592 Å². The van der Waals surface area contributed by atoms with Crippen molar-refractivity contribution in [3.8, 4) is 23.0 Å². The van der Waals surface area contributed by atoms with Crippen LogP contribution in [0.25, 0.3) is 11.1 Å². The Balaban J connectivity index is 0.620. The van der Waals surface area contributed by atoms with Crippen LogP contribution >= 0.6 is 0 Å². The van der Waals surface area contributed by atoms with E-state index >= 15 is 0 Å². The van der Waals surface area contributed by atoms with Gasteiger partial charge in [-0.1, -0.05) is 38.1 Å². The fraction of sp³-hybridized carbons (Fsp3) is 0.533. The summed E-state index contributed by atoms with van der Waals surface area (Å²) in [5.74, 6) is 0.211. The van der Waals surface area contributed by atoms with Crippen LogP contribution in [0.5, 0.6) is 23.0 Å². The van der Waals surface area contributed by atoms with Crippen molar-refractivity contribution in [2.45, 2.75) is 83.8 Å². The zero-order valence-electron chi connectivity index (χ0n) is 59.3. The van der Waals surface area contributed by atoms with Gasteiger partial charge in [0, 0.05) is 106 Å². The van der Waals surface area contributed by atoms with Crippen molar-refractivity contribution in [3.05, 3.63) is 107 Å². The van der Waals surface area contributed by atoms with Crippen molar-refractivity contribution in [1.29, 1.82) is 0 Å². The average Bonchev–Trinajstić information content (AvgIpc) is 1.67. The van der Waals surface area contributed by atoms with E-state index < -0.39 is 11.9 Å². The number of carbonyl (C=O) groups is 5. The van der Waals surface area contributed by atoms with Crippen LogP contribution in [0.1, 0.15) is 97.6 Å². The zero-order chi connectivity index (χ0) is 71.3. The first kappa shape index (κ1) is 76.9. The van der Waals surface area contributed by atoms with Crippen LogP contribution in [-0.4, -0.2) is 241 Å². The minimum absolute atomic E-state index is 0.0134. The summed E-state index contributed by atoms with van der Waals surface area (Å²) in [6.45, 7) is 17.1.